The topological polar surface area (TPSA) is 79.6 Å². The van der Waals surface area contributed by atoms with Gasteiger partial charge in [-0.15, -0.1) is 34.2 Å². The molecule has 1 aliphatic rings. The third-order valence-corrected chi connectivity index (χ3v) is 5.89. The Bertz CT molecular complexity index is 829. The van der Waals surface area contributed by atoms with Crippen LogP contribution in [0.1, 0.15) is 43.4 Å². The number of guanidine groups is 1. The van der Waals surface area contributed by atoms with E-state index in [2.05, 4.69) is 44.8 Å². The van der Waals surface area contributed by atoms with Crippen LogP contribution in [-0.2, 0) is 20.0 Å². The number of methoxy groups -OCH3 is 1. The van der Waals surface area contributed by atoms with Gasteiger partial charge in [-0.3, -0.25) is 0 Å². The number of rotatable bonds is 9. The summed E-state index contributed by atoms with van der Waals surface area (Å²) >= 11 is 0. The monoisotopic (exact) mass is 555 g/mol. The van der Waals surface area contributed by atoms with Crippen molar-refractivity contribution in [1.82, 2.24) is 30.3 Å². The first-order valence-corrected chi connectivity index (χ1v) is 11.3. The van der Waals surface area contributed by atoms with Gasteiger partial charge in [0, 0.05) is 32.7 Å². The molecule has 2 heterocycles. The Kier molecular flexibility index (Phi) is 11.2. The molecule has 0 aliphatic carbocycles. The molecule has 2 aromatic rings. The van der Waals surface area contributed by atoms with Gasteiger partial charge < -0.3 is 24.8 Å². The number of nitrogens with zero attached hydrogens (tertiary/aromatic N) is 5. The first-order chi connectivity index (χ1) is 15.1. The Hall–Kier alpha value is -1.88. The summed E-state index contributed by atoms with van der Waals surface area (Å²) in [6.07, 6.45) is 4.42. The van der Waals surface area contributed by atoms with Crippen LogP contribution in [0.4, 0.5) is 0 Å². The first kappa shape index (κ1) is 26.4. The molecule has 0 unspecified atom stereocenters. The Morgan fingerprint density at radius 1 is 1.19 bits per heavy atom. The summed E-state index contributed by atoms with van der Waals surface area (Å²) in [4.78, 5) is 7.36. The third-order valence-electron chi connectivity index (χ3n) is 5.89. The normalized spacial score (nSPS) is 15.3. The van der Waals surface area contributed by atoms with Crippen LogP contribution in [-0.4, -0.2) is 65.0 Å². The van der Waals surface area contributed by atoms with E-state index in [0.717, 1.165) is 62.3 Å². The van der Waals surface area contributed by atoms with E-state index in [-0.39, 0.29) is 24.0 Å². The van der Waals surface area contributed by atoms with Crippen LogP contribution in [0, 0.1) is 6.92 Å². The summed E-state index contributed by atoms with van der Waals surface area (Å²) in [6.45, 7) is 9.00. The van der Waals surface area contributed by atoms with Crippen LogP contribution in [0.3, 0.4) is 0 Å². The minimum atomic E-state index is 0. The molecule has 8 nitrogen and oxygen atoms in total. The fourth-order valence-corrected chi connectivity index (χ4v) is 3.82. The summed E-state index contributed by atoms with van der Waals surface area (Å²) in [5, 5.41) is 15.5. The quantitative estimate of drug-likeness (QED) is 0.282. The molecule has 2 N–H and O–H groups in total. The highest BCUT2D eigenvalue weighted by atomic mass is 127. The largest absolute Gasteiger partial charge is 0.497 e. The molecular formula is C23H38IN7O. The highest BCUT2D eigenvalue weighted by Gasteiger charge is 2.19. The van der Waals surface area contributed by atoms with E-state index in [1.165, 1.54) is 18.5 Å². The standard InChI is InChI=1S/C23H37N7O.HI/c1-5-14-30-15-11-20(12-16-30)26-23(25-17-22-28-27-18(2)29(22)3)24-13-10-19-6-8-21(31-4)9-7-19;/h6-9,20H,5,10-17H2,1-4H3,(H2,24,25,26);1H. The Morgan fingerprint density at radius 3 is 2.50 bits per heavy atom. The van der Waals surface area contributed by atoms with E-state index in [1.807, 2.05) is 30.7 Å². The maximum absolute atomic E-state index is 5.24. The molecule has 3 rings (SSSR count). The number of halogens is 1. The van der Waals surface area contributed by atoms with E-state index in [9.17, 15) is 0 Å². The molecule has 1 saturated heterocycles. The van der Waals surface area contributed by atoms with Crippen molar-refractivity contribution in [2.24, 2.45) is 12.0 Å². The van der Waals surface area contributed by atoms with Crippen LogP contribution < -0.4 is 15.4 Å². The first-order valence-electron chi connectivity index (χ1n) is 11.3. The number of ether oxygens (including phenoxy) is 1. The van der Waals surface area contributed by atoms with Crippen LogP contribution >= 0.6 is 24.0 Å². The number of hydrogen-bond acceptors (Lipinski definition) is 5. The van der Waals surface area contributed by atoms with Crippen molar-refractivity contribution in [3.63, 3.8) is 0 Å². The lowest BCUT2D eigenvalue weighted by Crippen LogP contribution is -2.49. The molecule has 1 fully saturated rings. The summed E-state index contributed by atoms with van der Waals surface area (Å²) in [6, 6.07) is 8.67. The van der Waals surface area contributed by atoms with E-state index in [0.29, 0.717) is 12.6 Å². The number of piperidine rings is 1. The number of aryl methyl sites for hydroxylation is 1. The lowest BCUT2D eigenvalue weighted by atomic mass is 10.1. The maximum atomic E-state index is 5.24. The lowest BCUT2D eigenvalue weighted by Gasteiger charge is -2.32. The molecule has 9 heteroatoms. The van der Waals surface area contributed by atoms with Gasteiger partial charge in [0.05, 0.1) is 7.11 Å². The molecule has 1 aromatic heterocycles. The molecule has 0 amide bonds. The molecule has 1 aromatic carbocycles. The fourth-order valence-electron chi connectivity index (χ4n) is 3.82. The van der Waals surface area contributed by atoms with Gasteiger partial charge in [-0.2, -0.15) is 0 Å². The zero-order valence-electron chi connectivity index (χ0n) is 19.8. The van der Waals surface area contributed by atoms with Crippen molar-refractivity contribution < 1.29 is 4.74 Å². The van der Waals surface area contributed by atoms with E-state index in [4.69, 9.17) is 9.73 Å². The van der Waals surface area contributed by atoms with E-state index < -0.39 is 0 Å². The van der Waals surface area contributed by atoms with Crippen molar-refractivity contribution in [2.45, 2.75) is 52.1 Å². The molecule has 0 atom stereocenters. The Morgan fingerprint density at radius 2 is 1.91 bits per heavy atom. The smallest absolute Gasteiger partial charge is 0.191 e. The van der Waals surface area contributed by atoms with Crippen LogP contribution in [0.15, 0.2) is 29.3 Å². The van der Waals surface area contributed by atoms with Crippen molar-refractivity contribution in [3.05, 3.63) is 41.5 Å². The number of hydrogen-bond donors (Lipinski definition) is 2. The predicted molar refractivity (Wildman–Crippen MR) is 140 cm³/mol. The van der Waals surface area contributed by atoms with Gasteiger partial charge in [-0.05, 0) is 56.8 Å². The zero-order chi connectivity index (χ0) is 22.1. The van der Waals surface area contributed by atoms with Crippen molar-refractivity contribution >= 4 is 29.9 Å². The maximum Gasteiger partial charge on any atom is 0.191 e. The number of nitrogens with one attached hydrogen (secondary N) is 2. The SMILES string of the molecule is CCCN1CCC(NC(=NCc2nnc(C)n2C)NCCc2ccc(OC)cc2)CC1.I. The Labute approximate surface area is 209 Å². The fraction of sp³-hybridized carbons (Fsp3) is 0.609. The molecule has 32 heavy (non-hydrogen) atoms. The summed E-state index contributed by atoms with van der Waals surface area (Å²) in [7, 11) is 3.67. The second kappa shape index (κ2) is 13.6. The van der Waals surface area contributed by atoms with Crippen LogP contribution in [0.25, 0.3) is 0 Å². The Balaban J connectivity index is 0.00000363. The lowest BCUT2D eigenvalue weighted by molar-refractivity contribution is 0.206. The van der Waals surface area contributed by atoms with Gasteiger partial charge in [-0.1, -0.05) is 19.1 Å². The number of likely N-dealkylation sites (tertiary alicyclic amines) is 1. The number of aromatic nitrogens is 3. The summed E-state index contributed by atoms with van der Waals surface area (Å²) < 4.78 is 7.23. The summed E-state index contributed by atoms with van der Waals surface area (Å²) in [5.74, 6) is 3.50. The van der Waals surface area contributed by atoms with Gasteiger partial charge in [0.1, 0.15) is 18.1 Å². The zero-order valence-corrected chi connectivity index (χ0v) is 22.1. The molecular weight excluding hydrogens is 517 g/mol. The second-order valence-electron chi connectivity index (χ2n) is 8.17. The third kappa shape index (κ3) is 7.91. The molecule has 0 radical (unpaired) electrons. The predicted octanol–water partition coefficient (Wildman–Crippen LogP) is 2.90. The number of aliphatic imine (C=N–C) groups is 1. The van der Waals surface area contributed by atoms with Gasteiger partial charge in [0.25, 0.3) is 0 Å². The molecule has 0 saturated carbocycles. The van der Waals surface area contributed by atoms with E-state index >= 15 is 0 Å². The van der Waals surface area contributed by atoms with Crippen LogP contribution in [0.2, 0.25) is 0 Å². The summed E-state index contributed by atoms with van der Waals surface area (Å²) in [5.41, 5.74) is 1.27. The van der Waals surface area contributed by atoms with Gasteiger partial charge >= 0.3 is 0 Å². The van der Waals surface area contributed by atoms with Crippen molar-refractivity contribution in [3.8, 4) is 5.75 Å². The molecule has 0 spiro atoms. The number of benzene rings is 1. The average Bonchev–Trinajstić information content (AvgIpc) is 3.11. The average molecular weight is 556 g/mol. The molecule has 1 aliphatic heterocycles. The molecule has 0 bridgehead atoms. The second-order valence-corrected chi connectivity index (χ2v) is 8.17. The van der Waals surface area contributed by atoms with Crippen LogP contribution in [0.5, 0.6) is 5.75 Å². The van der Waals surface area contributed by atoms with Gasteiger partial charge in [-0.25, -0.2) is 4.99 Å². The minimum absolute atomic E-state index is 0. The van der Waals surface area contributed by atoms with Crippen molar-refractivity contribution in [2.75, 3.05) is 33.3 Å². The molecule has 178 valence electrons. The highest BCUT2D eigenvalue weighted by molar-refractivity contribution is 14.0. The highest BCUT2D eigenvalue weighted by Crippen LogP contribution is 2.12. The van der Waals surface area contributed by atoms with Crippen molar-refractivity contribution in [1.29, 1.82) is 0 Å². The van der Waals surface area contributed by atoms with Gasteiger partial charge in [0.15, 0.2) is 11.8 Å². The van der Waals surface area contributed by atoms with E-state index in [1.54, 1.807) is 7.11 Å². The minimum Gasteiger partial charge on any atom is -0.497 e. The van der Waals surface area contributed by atoms with Gasteiger partial charge in [0.2, 0.25) is 0 Å².